The number of fused-ring (bicyclic) bond motifs is 3. The highest BCUT2D eigenvalue weighted by molar-refractivity contribution is 5.96. The molecule has 8 nitrogen and oxygen atoms in total. The lowest BCUT2D eigenvalue weighted by Crippen LogP contribution is -2.37. The van der Waals surface area contributed by atoms with Gasteiger partial charge in [-0.25, -0.2) is 4.79 Å². The summed E-state index contributed by atoms with van der Waals surface area (Å²) in [6.45, 7) is 0.980. The van der Waals surface area contributed by atoms with Crippen molar-refractivity contribution in [1.82, 2.24) is 13.7 Å². The first-order chi connectivity index (χ1) is 15.4. The van der Waals surface area contributed by atoms with E-state index in [1.54, 1.807) is 38.4 Å². The summed E-state index contributed by atoms with van der Waals surface area (Å²) in [4.78, 5) is 26.2. The highest BCUT2D eigenvalue weighted by Gasteiger charge is 2.33. The van der Waals surface area contributed by atoms with Crippen molar-refractivity contribution >= 4 is 10.9 Å². The Morgan fingerprint density at radius 2 is 1.69 bits per heavy atom. The van der Waals surface area contributed by atoms with E-state index in [1.807, 2.05) is 24.3 Å². The molecule has 1 N–H and O–H groups in total. The molecule has 1 unspecified atom stereocenters. The number of nitrogens with zero attached hydrogens (tertiary/aromatic N) is 3. The minimum atomic E-state index is -0.489. The molecule has 0 radical (unpaired) electrons. The lowest BCUT2D eigenvalue weighted by molar-refractivity contribution is 0.0478. The fraction of sp³-hybridized carbons (Fsp3) is 0.250. The van der Waals surface area contributed by atoms with Crippen LogP contribution in [0.15, 0.2) is 58.1 Å². The Kier molecular flexibility index (Phi) is 4.67. The van der Waals surface area contributed by atoms with Crippen molar-refractivity contribution in [3.63, 3.8) is 0 Å². The van der Waals surface area contributed by atoms with Crippen molar-refractivity contribution in [2.45, 2.75) is 12.6 Å². The van der Waals surface area contributed by atoms with E-state index in [4.69, 9.17) is 9.47 Å². The molecular formula is C24H23N3O5. The predicted octanol–water partition coefficient (Wildman–Crippen LogP) is 2.54. The summed E-state index contributed by atoms with van der Waals surface area (Å²) >= 11 is 0. The maximum atomic E-state index is 13.4. The highest BCUT2D eigenvalue weighted by atomic mass is 16.5. The number of phenols is 1. The number of aromatic hydroxyl groups is 1. The van der Waals surface area contributed by atoms with E-state index in [1.165, 1.54) is 11.6 Å². The number of ether oxygens (including phenoxy) is 2. The van der Waals surface area contributed by atoms with Crippen molar-refractivity contribution in [3.05, 3.63) is 80.6 Å². The van der Waals surface area contributed by atoms with Crippen LogP contribution in [0.3, 0.4) is 0 Å². The Balaban J connectivity index is 1.90. The molecule has 0 saturated carbocycles. The Hall–Kier alpha value is -3.78. The van der Waals surface area contributed by atoms with E-state index in [-0.39, 0.29) is 11.3 Å². The van der Waals surface area contributed by atoms with Crippen molar-refractivity contribution in [1.29, 1.82) is 0 Å². The van der Waals surface area contributed by atoms with Gasteiger partial charge in [-0.2, -0.15) is 0 Å². The molecule has 2 aromatic carbocycles. The maximum absolute atomic E-state index is 13.4. The number of aryl methyl sites for hydroxylation is 1. The lowest BCUT2D eigenvalue weighted by atomic mass is 10.0. The smallest absolute Gasteiger partial charge is 0.331 e. The molecule has 3 heterocycles. The molecule has 8 heteroatoms. The van der Waals surface area contributed by atoms with Gasteiger partial charge in [0, 0.05) is 20.6 Å². The van der Waals surface area contributed by atoms with E-state index in [0.29, 0.717) is 29.8 Å². The molecule has 2 aromatic heterocycles. The Morgan fingerprint density at radius 3 is 2.34 bits per heavy atom. The van der Waals surface area contributed by atoms with Crippen LogP contribution in [-0.4, -0.2) is 32.5 Å². The van der Waals surface area contributed by atoms with Crippen LogP contribution in [0.4, 0.5) is 0 Å². The molecule has 5 rings (SSSR count). The molecule has 0 fully saturated rings. The topological polar surface area (TPSA) is 87.6 Å². The summed E-state index contributed by atoms with van der Waals surface area (Å²) < 4.78 is 16.2. The van der Waals surface area contributed by atoms with Gasteiger partial charge in [0.25, 0.3) is 5.56 Å². The Labute approximate surface area is 183 Å². The fourth-order valence-electron chi connectivity index (χ4n) is 4.53. The lowest BCUT2D eigenvalue weighted by Gasteiger charge is -2.27. The number of hydrogen-bond donors (Lipinski definition) is 1. The van der Waals surface area contributed by atoms with E-state index in [2.05, 4.69) is 4.57 Å². The van der Waals surface area contributed by atoms with Gasteiger partial charge in [-0.15, -0.1) is 0 Å². The zero-order valence-electron chi connectivity index (χ0n) is 18.0. The van der Waals surface area contributed by atoms with Gasteiger partial charge >= 0.3 is 5.69 Å². The molecule has 0 spiro atoms. The largest absolute Gasteiger partial charge is 0.508 e. The molecule has 0 bridgehead atoms. The average Bonchev–Trinajstić information content (AvgIpc) is 3.17. The van der Waals surface area contributed by atoms with E-state index < -0.39 is 11.8 Å². The number of benzene rings is 2. The predicted molar refractivity (Wildman–Crippen MR) is 120 cm³/mol. The summed E-state index contributed by atoms with van der Waals surface area (Å²) in [5.74, 6) is 0.874. The van der Waals surface area contributed by atoms with Crippen LogP contribution in [0.5, 0.6) is 11.5 Å². The zero-order chi connectivity index (χ0) is 22.6. The quantitative estimate of drug-likeness (QED) is 0.537. The third kappa shape index (κ3) is 2.87. The number of hydrogen-bond acceptors (Lipinski definition) is 5. The third-order valence-electron chi connectivity index (χ3n) is 6.11. The highest BCUT2D eigenvalue weighted by Crippen LogP contribution is 2.41. The second kappa shape index (κ2) is 7.42. The molecule has 1 atom stereocenters. The molecule has 164 valence electrons. The van der Waals surface area contributed by atoms with Crippen LogP contribution in [-0.2, 0) is 25.4 Å². The number of aromatic nitrogens is 3. The first kappa shape index (κ1) is 20.1. The Bertz CT molecular complexity index is 1440. The van der Waals surface area contributed by atoms with Crippen LogP contribution in [0.25, 0.3) is 22.2 Å². The zero-order valence-corrected chi connectivity index (χ0v) is 18.0. The van der Waals surface area contributed by atoms with Gasteiger partial charge in [-0.05, 0) is 47.5 Å². The first-order valence-electron chi connectivity index (χ1n) is 10.3. The van der Waals surface area contributed by atoms with Crippen LogP contribution >= 0.6 is 0 Å². The average molecular weight is 433 g/mol. The van der Waals surface area contributed by atoms with Gasteiger partial charge in [0.15, 0.2) is 0 Å². The van der Waals surface area contributed by atoms with Crippen LogP contribution < -0.4 is 16.0 Å². The fourth-order valence-corrected chi connectivity index (χ4v) is 4.53. The van der Waals surface area contributed by atoms with Crippen molar-refractivity contribution in [2.24, 2.45) is 14.1 Å². The van der Waals surface area contributed by atoms with Gasteiger partial charge in [-0.1, -0.05) is 12.1 Å². The van der Waals surface area contributed by atoms with Gasteiger partial charge < -0.3 is 19.1 Å². The summed E-state index contributed by atoms with van der Waals surface area (Å²) in [6, 6.07) is 14.3. The number of phenolic OH excluding ortho intramolecular Hbond substituents is 1. The van der Waals surface area contributed by atoms with Gasteiger partial charge in [-0.3, -0.25) is 13.9 Å². The van der Waals surface area contributed by atoms with Crippen LogP contribution in [0.1, 0.15) is 17.4 Å². The molecule has 0 aliphatic carbocycles. The molecule has 4 aromatic rings. The summed E-state index contributed by atoms with van der Waals surface area (Å²) in [5, 5.41) is 10.2. The minimum Gasteiger partial charge on any atom is -0.508 e. The third-order valence-corrected chi connectivity index (χ3v) is 6.11. The second-order valence-electron chi connectivity index (χ2n) is 7.89. The van der Waals surface area contributed by atoms with Gasteiger partial charge in [0.2, 0.25) is 0 Å². The van der Waals surface area contributed by atoms with Crippen molar-refractivity contribution in [2.75, 3.05) is 13.7 Å². The van der Waals surface area contributed by atoms with E-state index in [9.17, 15) is 14.7 Å². The normalized spacial score (nSPS) is 15.7. The minimum absolute atomic E-state index is 0.157. The van der Waals surface area contributed by atoms with E-state index in [0.717, 1.165) is 27.1 Å². The summed E-state index contributed by atoms with van der Waals surface area (Å²) in [6.07, 6.45) is -0.489. The van der Waals surface area contributed by atoms with Crippen LogP contribution in [0, 0.1) is 0 Å². The SMILES string of the molecule is COc1ccc(-c2c3c(=O)n(C)c(=O)n(C)c3c3n2CCOC3c2ccc(O)cc2)cc1. The van der Waals surface area contributed by atoms with Crippen LogP contribution in [0.2, 0.25) is 0 Å². The van der Waals surface area contributed by atoms with Gasteiger partial charge in [0.1, 0.15) is 17.6 Å². The molecule has 32 heavy (non-hydrogen) atoms. The number of methoxy groups -OCH3 is 1. The van der Waals surface area contributed by atoms with Gasteiger partial charge in [0.05, 0.1) is 36.0 Å². The molecule has 1 aliphatic heterocycles. The summed E-state index contributed by atoms with van der Waals surface area (Å²) in [5.41, 5.74) is 3.00. The molecule has 0 amide bonds. The number of rotatable bonds is 3. The standard InChI is InChI=1S/C24H23N3O5/c1-25-20-18(23(29)26(2)24(25)30)19(14-6-10-17(31-3)11-7-14)27-12-13-32-22(21(20)27)15-4-8-16(28)9-5-15/h4-11,22,28H,12-13H2,1-3H3. The second-order valence-corrected chi connectivity index (χ2v) is 7.89. The molecule has 1 aliphatic rings. The summed E-state index contributed by atoms with van der Waals surface area (Å²) in [7, 11) is 4.77. The van der Waals surface area contributed by atoms with Crippen molar-refractivity contribution < 1.29 is 14.6 Å². The molecular weight excluding hydrogens is 410 g/mol. The van der Waals surface area contributed by atoms with Crippen molar-refractivity contribution in [3.8, 4) is 22.8 Å². The van der Waals surface area contributed by atoms with E-state index >= 15 is 0 Å². The first-order valence-corrected chi connectivity index (χ1v) is 10.3. The Morgan fingerprint density at radius 1 is 1.00 bits per heavy atom. The monoisotopic (exact) mass is 433 g/mol. The maximum Gasteiger partial charge on any atom is 0.331 e. The molecule has 0 saturated heterocycles.